The summed E-state index contributed by atoms with van der Waals surface area (Å²) in [6, 6.07) is 14.3. The Morgan fingerprint density at radius 2 is 1.73 bits per heavy atom. The quantitative estimate of drug-likeness (QED) is 0.691. The summed E-state index contributed by atoms with van der Waals surface area (Å²) in [7, 11) is 0. The highest BCUT2D eigenvalue weighted by molar-refractivity contribution is 5.61. The largest absolute Gasteiger partial charge is 0.272 e. The second kappa shape index (κ2) is 4.60. The average Bonchev–Trinajstić information content (AvgIpc) is 2.31. The van der Waals surface area contributed by atoms with Gasteiger partial charge in [0.05, 0.1) is 5.56 Å². The maximum atomic E-state index is 5.38. The zero-order chi connectivity index (χ0) is 10.5. The summed E-state index contributed by atoms with van der Waals surface area (Å²) in [5.74, 6) is 0. The van der Waals surface area contributed by atoms with E-state index in [1.807, 2.05) is 43.6 Å². The Balaban J connectivity index is 2.33. The van der Waals surface area contributed by atoms with Crippen LogP contribution in [0.2, 0.25) is 0 Å². The van der Waals surface area contributed by atoms with E-state index < -0.39 is 0 Å². The van der Waals surface area contributed by atoms with Gasteiger partial charge in [0.15, 0.2) is 6.61 Å². The molecular formula is C13H14NO+. The molecule has 0 atom stereocenters. The fourth-order valence-corrected chi connectivity index (χ4v) is 1.49. The van der Waals surface area contributed by atoms with Crippen molar-refractivity contribution in [3.05, 3.63) is 54.9 Å². The monoisotopic (exact) mass is 200 g/mol. The van der Waals surface area contributed by atoms with Crippen LogP contribution in [0.1, 0.15) is 6.92 Å². The standard InChI is InChI=1S/C13H14NO/c1-2-15-14-10-6-9-13(11-14)12-7-4-3-5-8-12/h3-11H,2H2,1H3/q+1. The molecule has 0 radical (unpaired) electrons. The van der Waals surface area contributed by atoms with Gasteiger partial charge in [-0.05, 0) is 18.6 Å². The molecule has 0 bridgehead atoms. The van der Waals surface area contributed by atoms with Gasteiger partial charge in [0.2, 0.25) is 12.4 Å². The predicted molar refractivity (Wildman–Crippen MR) is 59.2 cm³/mol. The SMILES string of the molecule is CCO[n+]1cccc(-c2ccccc2)c1. The van der Waals surface area contributed by atoms with Crippen LogP contribution < -0.4 is 9.57 Å². The van der Waals surface area contributed by atoms with Crippen LogP contribution in [-0.4, -0.2) is 6.61 Å². The van der Waals surface area contributed by atoms with Crippen LogP contribution in [0.4, 0.5) is 0 Å². The van der Waals surface area contributed by atoms with Crippen LogP contribution in [0.3, 0.4) is 0 Å². The number of rotatable bonds is 3. The lowest BCUT2D eigenvalue weighted by molar-refractivity contribution is -0.890. The highest BCUT2D eigenvalue weighted by Crippen LogP contribution is 2.15. The van der Waals surface area contributed by atoms with E-state index in [0.29, 0.717) is 6.61 Å². The third-order valence-corrected chi connectivity index (χ3v) is 2.16. The van der Waals surface area contributed by atoms with Gasteiger partial charge in [-0.3, -0.25) is 4.84 Å². The predicted octanol–water partition coefficient (Wildman–Crippen LogP) is 2.09. The van der Waals surface area contributed by atoms with Crippen molar-refractivity contribution in [2.24, 2.45) is 0 Å². The van der Waals surface area contributed by atoms with E-state index in [9.17, 15) is 0 Å². The molecule has 1 aromatic carbocycles. The van der Waals surface area contributed by atoms with Crippen LogP contribution in [-0.2, 0) is 0 Å². The fourth-order valence-electron chi connectivity index (χ4n) is 1.49. The van der Waals surface area contributed by atoms with Crippen molar-refractivity contribution in [3.63, 3.8) is 0 Å². The van der Waals surface area contributed by atoms with Crippen LogP contribution in [0.15, 0.2) is 54.9 Å². The normalized spacial score (nSPS) is 9.93. The molecule has 0 N–H and O–H groups in total. The van der Waals surface area contributed by atoms with Crippen molar-refractivity contribution in [3.8, 4) is 11.1 Å². The minimum Gasteiger partial charge on any atom is -0.272 e. The van der Waals surface area contributed by atoms with Crippen molar-refractivity contribution in [2.75, 3.05) is 6.61 Å². The third-order valence-electron chi connectivity index (χ3n) is 2.16. The van der Waals surface area contributed by atoms with Gasteiger partial charge in [0.25, 0.3) is 0 Å². The zero-order valence-corrected chi connectivity index (χ0v) is 8.76. The van der Waals surface area contributed by atoms with E-state index in [0.717, 1.165) is 5.56 Å². The van der Waals surface area contributed by atoms with Gasteiger partial charge in [-0.1, -0.05) is 30.3 Å². The van der Waals surface area contributed by atoms with Gasteiger partial charge in [-0.25, -0.2) is 0 Å². The van der Waals surface area contributed by atoms with Gasteiger partial charge in [0.1, 0.15) is 0 Å². The van der Waals surface area contributed by atoms with Crippen molar-refractivity contribution >= 4 is 0 Å². The summed E-state index contributed by atoms with van der Waals surface area (Å²) in [5, 5.41) is 0. The number of pyridine rings is 1. The fraction of sp³-hybridized carbons (Fsp3) is 0.154. The first kappa shape index (κ1) is 9.71. The van der Waals surface area contributed by atoms with E-state index in [1.54, 1.807) is 4.73 Å². The number of hydrogen-bond donors (Lipinski definition) is 0. The number of nitrogens with zero attached hydrogens (tertiary/aromatic N) is 1. The molecule has 0 amide bonds. The lowest BCUT2D eigenvalue weighted by Crippen LogP contribution is -2.41. The molecule has 0 saturated carbocycles. The van der Waals surface area contributed by atoms with Crippen LogP contribution in [0.5, 0.6) is 0 Å². The first-order chi connectivity index (χ1) is 7.40. The summed E-state index contributed by atoms with van der Waals surface area (Å²) in [6.45, 7) is 2.64. The number of hydrogen-bond acceptors (Lipinski definition) is 1. The highest BCUT2D eigenvalue weighted by atomic mass is 16.7. The second-order valence-electron chi connectivity index (χ2n) is 3.24. The Labute approximate surface area is 89.7 Å². The van der Waals surface area contributed by atoms with Crippen molar-refractivity contribution in [1.29, 1.82) is 0 Å². The Morgan fingerprint density at radius 3 is 2.47 bits per heavy atom. The maximum Gasteiger partial charge on any atom is 0.230 e. The molecule has 0 spiro atoms. The van der Waals surface area contributed by atoms with Crippen LogP contribution in [0, 0.1) is 0 Å². The maximum absolute atomic E-state index is 5.38. The summed E-state index contributed by atoms with van der Waals surface area (Å²) >= 11 is 0. The van der Waals surface area contributed by atoms with Gasteiger partial charge >= 0.3 is 0 Å². The Kier molecular flexibility index (Phi) is 2.98. The van der Waals surface area contributed by atoms with E-state index >= 15 is 0 Å². The molecule has 0 aliphatic rings. The van der Waals surface area contributed by atoms with Gasteiger partial charge in [-0.15, -0.1) is 0 Å². The topological polar surface area (TPSA) is 13.1 Å². The number of benzene rings is 1. The third kappa shape index (κ3) is 2.34. The van der Waals surface area contributed by atoms with E-state index in [1.165, 1.54) is 5.56 Å². The highest BCUT2D eigenvalue weighted by Gasteiger charge is 2.04. The molecule has 0 unspecified atom stereocenters. The van der Waals surface area contributed by atoms with E-state index in [2.05, 4.69) is 18.2 Å². The molecular weight excluding hydrogens is 186 g/mol. The molecule has 1 aromatic heterocycles. The lowest BCUT2D eigenvalue weighted by atomic mass is 10.1. The molecule has 0 aliphatic carbocycles. The molecule has 2 heteroatoms. The van der Waals surface area contributed by atoms with Gasteiger partial charge < -0.3 is 0 Å². The second-order valence-corrected chi connectivity index (χ2v) is 3.24. The molecule has 15 heavy (non-hydrogen) atoms. The molecule has 76 valence electrons. The molecule has 0 fully saturated rings. The Morgan fingerprint density at radius 1 is 1.00 bits per heavy atom. The van der Waals surface area contributed by atoms with E-state index in [4.69, 9.17) is 4.84 Å². The minimum atomic E-state index is 0.670. The van der Waals surface area contributed by atoms with Gasteiger partial charge in [0, 0.05) is 10.8 Å². The molecule has 1 heterocycles. The lowest BCUT2D eigenvalue weighted by Gasteiger charge is -1.99. The Bertz CT molecular complexity index is 426. The van der Waals surface area contributed by atoms with Crippen molar-refractivity contribution in [2.45, 2.75) is 6.92 Å². The van der Waals surface area contributed by atoms with Crippen molar-refractivity contribution in [1.82, 2.24) is 0 Å². The summed E-state index contributed by atoms with van der Waals surface area (Å²) in [6.07, 6.45) is 3.88. The van der Waals surface area contributed by atoms with Crippen molar-refractivity contribution < 1.29 is 9.57 Å². The molecule has 2 aromatic rings. The summed E-state index contributed by atoms with van der Waals surface area (Å²) in [5.41, 5.74) is 2.36. The average molecular weight is 200 g/mol. The summed E-state index contributed by atoms with van der Waals surface area (Å²) < 4.78 is 1.74. The molecule has 0 saturated heterocycles. The first-order valence-corrected chi connectivity index (χ1v) is 5.10. The summed E-state index contributed by atoms with van der Waals surface area (Å²) in [4.78, 5) is 5.38. The molecule has 0 aliphatic heterocycles. The molecule has 2 rings (SSSR count). The Hall–Kier alpha value is -1.83. The first-order valence-electron chi connectivity index (χ1n) is 5.10. The van der Waals surface area contributed by atoms with Crippen LogP contribution in [0.25, 0.3) is 11.1 Å². The smallest absolute Gasteiger partial charge is 0.230 e. The van der Waals surface area contributed by atoms with E-state index in [-0.39, 0.29) is 0 Å². The minimum absolute atomic E-state index is 0.670. The van der Waals surface area contributed by atoms with Gasteiger partial charge in [-0.2, -0.15) is 0 Å². The number of aromatic nitrogens is 1. The van der Waals surface area contributed by atoms with Crippen LogP contribution >= 0.6 is 0 Å². The molecule has 2 nitrogen and oxygen atoms in total. The zero-order valence-electron chi connectivity index (χ0n) is 8.76.